The Labute approximate surface area is 344 Å². The second kappa shape index (κ2) is 34.8. The van der Waals surface area contributed by atoms with Gasteiger partial charge in [0.2, 0.25) is 0 Å². The average molecular weight is 839 g/mol. The molecule has 0 fully saturated rings. The van der Waals surface area contributed by atoms with Gasteiger partial charge in [0.15, 0.2) is 0 Å². The lowest BCUT2D eigenvalue weighted by Gasteiger charge is -2.20. The molecule has 3 N–H and O–H groups in total. The number of aliphatic hydroxyl groups excluding tert-OH is 3. The molecule has 0 bridgehead atoms. The number of benzene rings is 3. The molecule has 15 nitrogen and oxygen atoms in total. The zero-order valence-corrected chi connectivity index (χ0v) is 34.5. The van der Waals surface area contributed by atoms with Crippen molar-refractivity contribution in [2.75, 3.05) is 159 Å². The normalized spacial score (nSPS) is 11.4. The first-order valence-electron chi connectivity index (χ1n) is 19.8. The molecule has 3 rings (SSSR count). The highest BCUT2D eigenvalue weighted by Gasteiger charge is 2.17. The highest BCUT2D eigenvalue weighted by atomic mass is 31.1. The predicted molar refractivity (Wildman–Crippen MR) is 220 cm³/mol. The average Bonchev–Trinajstić information content (AvgIpc) is 3.25. The van der Waals surface area contributed by atoms with Crippen LogP contribution in [0, 0.1) is 0 Å². The zero-order valence-electron chi connectivity index (χ0n) is 33.6. The first kappa shape index (κ1) is 49.4. The van der Waals surface area contributed by atoms with Gasteiger partial charge in [-0.3, -0.25) is 0 Å². The van der Waals surface area contributed by atoms with Crippen molar-refractivity contribution in [3.05, 3.63) is 72.8 Å². The molecule has 0 saturated carbocycles. The highest BCUT2D eigenvalue weighted by molar-refractivity contribution is 7.79. The van der Waals surface area contributed by atoms with Gasteiger partial charge in [-0.15, -0.1) is 0 Å². The smallest absolute Gasteiger partial charge is 0.119 e. The number of hydrogen-bond donors (Lipinski definition) is 3. The van der Waals surface area contributed by atoms with E-state index in [0.29, 0.717) is 139 Å². The Balaban J connectivity index is 1.49. The van der Waals surface area contributed by atoms with Gasteiger partial charge in [0.1, 0.15) is 37.1 Å². The van der Waals surface area contributed by atoms with E-state index < -0.39 is 7.92 Å². The fourth-order valence-electron chi connectivity index (χ4n) is 5.00. The molecule has 0 aliphatic rings. The molecule has 0 radical (unpaired) electrons. The van der Waals surface area contributed by atoms with Crippen molar-refractivity contribution in [3.63, 3.8) is 0 Å². The number of ether oxygens (including phenoxy) is 12. The first-order valence-corrected chi connectivity index (χ1v) is 21.1. The van der Waals surface area contributed by atoms with E-state index in [4.69, 9.17) is 72.2 Å². The standard InChI is InChI=1S/C42H63O15P/c43-13-16-46-19-22-49-25-28-52-31-34-55-37-1-7-40(8-2-37)58(41-9-3-38(4-10-41)56-35-32-53-29-26-50-23-20-47-17-14-44)42-11-5-39(6-12-42)57-36-33-54-30-27-51-24-21-48-18-15-45/h1-12,43-45H,13-36H2. The van der Waals surface area contributed by atoms with Crippen molar-refractivity contribution < 1.29 is 72.2 Å². The lowest BCUT2D eigenvalue weighted by Crippen LogP contribution is -2.21. The molecule has 326 valence electrons. The maximum Gasteiger partial charge on any atom is 0.119 e. The summed E-state index contributed by atoms with van der Waals surface area (Å²) in [4.78, 5) is 0. The molecule has 3 aromatic carbocycles. The third kappa shape index (κ3) is 23.6. The van der Waals surface area contributed by atoms with Crippen LogP contribution in [0.2, 0.25) is 0 Å². The van der Waals surface area contributed by atoms with Gasteiger partial charge in [-0.25, -0.2) is 0 Å². The predicted octanol–water partition coefficient (Wildman–Crippen LogP) is 1.71. The van der Waals surface area contributed by atoms with Gasteiger partial charge in [-0.1, -0.05) is 36.4 Å². The topological polar surface area (TPSA) is 171 Å². The molecular weight excluding hydrogens is 775 g/mol. The summed E-state index contributed by atoms with van der Waals surface area (Å²) in [6, 6.07) is 24.6. The summed E-state index contributed by atoms with van der Waals surface area (Å²) >= 11 is 0. The maximum atomic E-state index is 8.73. The fourth-order valence-corrected chi connectivity index (χ4v) is 7.23. The van der Waals surface area contributed by atoms with E-state index in [2.05, 4.69) is 36.4 Å². The van der Waals surface area contributed by atoms with Crippen molar-refractivity contribution in [2.45, 2.75) is 0 Å². The summed E-state index contributed by atoms with van der Waals surface area (Å²) in [6.07, 6.45) is 0. The van der Waals surface area contributed by atoms with Crippen LogP contribution in [0.4, 0.5) is 0 Å². The zero-order chi connectivity index (χ0) is 41.0. The molecule has 0 aliphatic heterocycles. The molecule has 0 aliphatic carbocycles. The van der Waals surface area contributed by atoms with E-state index in [1.54, 1.807) is 0 Å². The van der Waals surface area contributed by atoms with Crippen LogP contribution in [0.15, 0.2) is 72.8 Å². The van der Waals surface area contributed by atoms with Gasteiger partial charge in [-0.05, 0) is 60.2 Å². The van der Waals surface area contributed by atoms with E-state index in [1.165, 1.54) is 0 Å². The fraction of sp³-hybridized carbons (Fsp3) is 0.571. The number of aliphatic hydroxyl groups is 3. The molecule has 0 spiro atoms. The van der Waals surface area contributed by atoms with Crippen LogP contribution in [-0.4, -0.2) is 174 Å². The van der Waals surface area contributed by atoms with Crippen LogP contribution >= 0.6 is 7.92 Å². The number of hydrogen-bond acceptors (Lipinski definition) is 15. The molecule has 0 aromatic heterocycles. The lowest BCUT2D eigenvalue weighted by molar-refractivity contribution is 0.00361. The van der Waals surface area contributed by atoms with Gasteiger partial charge >= 0.3 is 0 Å². The first-order chi connectivity index (χ1) is 28.7. The molecule has 0 saturated heterocycles. The van der Waals surface area contributed by atoms with E-state index in [9.17, 15) is 0 Å². The number of rotatable bonds is 39. The van der Waals surface area contributed by atoms with E-state index in [1.807, 2.05) is 36.4 Å². The van der Waals surface area contributed by atoms with E-state index in [-0.39, 0.29) is 19.8 Å². The second-order valence-electron chi connectivity index (χ2n) is 12.0. The Morgan fingerprint density at radius 1 is 0.259 bits per heavy atom. The van der Waals surface area contributed by atoms with Crippen LogP contribution in [0.1, 0.15) is 0 Å². The van der Waals surface area contributed by atoms with Gasteiger partial charge in [0, 0.05) is 0 Å². The van der Waals surface area contributed by atoms with Crippen molar-refractivity contribution in [3.8, 4) is 17.2 Å². The highest BCUT2D eigenvalue weighted by Crippen LogP contribution is 2.34. The van der Waals surface area contributed by atoms with Crippen molar-refractivity contribution >= 4 is 23.8 Å². The molecule has 0 unspecified atom stereocenters. The molecule has 58 heavy (non-hydrogen) atoms. The lowest BCUT2D eigenvalue weighted by atomic mass is 10.3. The van der Waals surface area contributed by atoms with Gasteiger partial charge < -0.3 is 72.2 Å². The minimum Gasteiger partial charge on any atom is -0.491 e. The molecule has 0 heterocycles. The summed E-state index contributed by atoms with van der Waals surface area (Å²) in [7, 11) is -0.919. The van der Waals surface area contributed by atoms with Crippen molar-refractivity contribution in [1.82, 2.24) is 0 Å². The van der Waals surface area contributed by atoms with Crippen LogP contribution in [0.3, 0.4) is 0 Å². The quantitative estimate of drug-likeness (QED) is 0.0560. The maximum absolute atomic E-state index is 8.73. The Hall–Kier alpha value is -2.99. The Bertz CT molecular complexity index is 1190. The SMILES string of the molecule is OCCOCCOCCOCCOc1ccc(P(c2ccc(OCCOCCOCCOCCO)cc2)c2ccc(OCCOCCOCCOCCO)cc2)cc1. The van der Waals surface area contributed by atoms with Crippen LogP contribution in [0.5, 0.6) is 17.2 Å². The molecule has 3 aromatic rings. The van der Waals surface area contributed by atoms with Crippen molar-refractivity contribution in [1.29, 1.82) is 0 Å². The summed E-state index contributed by atoms with van der Waals surface area (Å²) in [6.45, 7) is 8.99. The monoisotopic (exact) mass is 838 g/mol. The van der Waals surface area contributed by atoms with Gasteiger partial charge in [-0.2, -0.15) is 0 Å². The Morgan fingerprint density at radius 3 is 0.655 bits per heavy atom. The van der Waals surface area contributed by atoms with Crippen molar-refractivity contribution in [2.24, 2.45) is 0 Å². The molecule has 16 heteroatoms. The van der Waals surface area contributed by atoms with Crippen LogP contribution in [0.25, 0.3) is 0 Å². The van der Waals surface area contributed by atoms with Gasteiger partial charge in [0.25, 0.3) is 0 Å². The van der Waals surface area contributed by atoms with Crippen LogP contribution < -0.4 is 30.1 Å². The summed E-state index contributed by atoms with van der Waals surface area (Å²) < 4.78 is 66.5. The summed E-state index contributed by atoms with van der Waals surface area (Å²) in [5.74, 6) is 2.27. The van der Waals surface area contributed by atoms with E-state index >= 15 is 0 Å². The minimum atomic E-state index is -0.919. The second-order valence-corrected chi connectivity index (χ2v) is 14.3. The molecule has 0 amide bonds. The summed E-state index contributed by atoms with van der Waals surface area (Å²) in [5.41, 5.74) is 0. The van der Waals surface area contributed by atoms with Gasteiger partial charge in [0.05, 0.1) is 139 Å². The largest absolute Gasteiger partial charge is 0.491 e. The molecule has 0 atom stereocenters. The third-order valence-corrected chi connectivity index (χ3v) is 10.2. The van der Waals surface area contributed by atoms with E-state index in [0.717, 1.165) is 33.2 Å². The summed E-state index contributed by atoms with van der Waals surface area (Å²) in [5, 5.41) is 29.7. The Kier molecular flexibility index (Phi) is 29.7. The third-order valence-electron chi connectivity index (χ3n) is 7.71. The Morgan fingerprint density at radius 2 is 0.448 bits per heavy atom. The van der Waals surface area contributed by atoms with Crippen LogP contribution in [-0.2, 0) is 42.6 Å². The molecular formula is C42H63O15P. The minimum absolute atomic E-state index is 0.00489.